The van der Waals surface area contributed by atoms with Crippen LogP contribution in [0.15, 0.2) is 41.8 Å². The Morgan fingerprint density at radius 1 is 1.21 bits per heavy atom. The van der Waals surface area contributed by atoms with Gasteiger partial charge in [0.15, 0.2) is 9.84 Å². The van der Waals surface area contributed by atoms with Crippen LogP contribution in [-0.4, -0.2) is 60.2 Å². The minimum absolute atomic E-state index is 0.0312. The molecule has 8 nitrogen and oxygen atoms in total. The molecule has 0 bridgehead atoms. The van der Waals surface area contributed by atoms with Crippen molar-refractivity contribution < 1.29 is 22.8 Å². The molecule has 1 aromatic heterocycles. The lowest BCUT2D eigenvalue weighted by Crippen LogP contribution is -2.49. The first-order valence-electron chi connectivity index (χ1n) is 11.0. The third-order valence-corrected chi connectivity index (χ3v) is 9.53. The predicted molar refractivity (Wildman–Crippen MR) is 123 cm³/mol. The van der Waals surface area contributed by atoms with Crippen LogP contribution < -0.4 is 5.32 Å². The number of fused-ring (bicyclic) bond motifs is 2. The van der Waals surface area contributed by atoms with E-state index in [2.05, 4.69) is 5.32 Å². The maximum Gasteiger partial charge on any atom is 0.325 e. The average molecular weight is 488 g/mol. The van der Waals surface area contributed by atoms with E-state index in [1.165, 1.54) is 4.90 Å². The molecule has 2 aliphatic heterocycles. The Morgan fingerprint density at radius 2 is 2.00 bits per heavy atom. The maximum atomic E-state index is 13.5. The van der Waals surface area contributed by atoms with Gasteiger partial charge >= 0.3 is 6.03 Å². The van der Waals surface area contributed by atoms with Gasteiger partial charge in [0.05, 0.1) is 11.5 Å². The van der Waals surface area contributed by atoms with Gasteiger partial charge in [0.25, 0.3) is 5.91 Å². The molecule has 5 rings (SSSR count). The molecule has 3 aliphatic rings. The molecule has 1 spiro atoms. The van der Waals surface area contributed by atoms with Gasteiger partial charge in [0, 0.05) is 23.0 Å². The number of benzene rings is 1. The first kappa shape index (κ1) is 22.1. The van der Waals surface area contributed by atoms with Crippen molar-refractivity contribution in [2.45, 2.75) is 43.8 Å². The maximum absolute atomic E-state index is 13.5. The highest BCUT2D eigenvalue weighted by Gasteiger charge is 2.55. The Labute approximate surface area is 196 Å². The Kier molecular flexibility index (Phi) is 5.52. The van der Waals surface area contributed by atoms with E-state index in [1.54, 1.807) is 11.3 Å². The number of aryl methyl sites for hydroxylation is 1. The number of sulfone groups is 1. The number of nitrogens with zero attached hydrogens (tertiary/aromatic N) is 2. The SMILES string of the molecule is O=C1NC2(CCCc3sccc32)C(=O)N1CC(=O)N(Cc1ccccc1)C1CCS(=O)(=O)C1. The molecule has 4 amide bonds. The Bertz CT molecular complexity index is 1210. The number of hydrogen-bond acceptors (Lipinski definition) is 6. The fourth-order valence-electron chi connectivity index (χ4n) is 5.13. The normalized spacial score (nSPS) is 25.8. The fraction of sp³-hybridized carbons (Fsp3) is 0.435. The number of rotatable bonds is 5. The lowest BCUT2D eigenvalue weighted by Gasteiger charge is -2.32. The van der Waals surface area contributed by atoms with E-state index in [-0.39, 0.29) is 18.1 Å². The van der Waals surface area contributed by atoms with Crippen molar-refractivity contribution in [1.29, 1.82) is 0 Å². The molecule has 2 fully saturated rings. The van der Waals surface area contributed by atoms with E-state index in [1.807, 2.05) is 41.8 Å². The monoisotopic (exact) mass is 487 g/mol. The molecule has 2 unspecified atom stereocenters. The van der Waals surface area contributed by atoms with E-state index in [0.29, 0.717) is 12.8 Å². The van der Waals surface area contributed by atoms with Crippen LogP contribution in [0.2, 0.25) is 0 Å². The number of thiophene rings is 1. The first-order chi connectivity index (χ1) is 15.8. The smallest absolute Gasteiger partial charge is 0.325 e. The van der Waals surface area contributed by atoms with Gasteiger partial charge in [-0.25, -0.2) is 13.2 Å². The van der Waals surface area contributed by atoms with Crippen LogP contribution in [0, 0.1) is 0 Å². The first-order valence-corrected chi connectivity index (χ1v) is 13.7. The second-order valence-electron chi connectivity index (χ2n) is 8.90. The zero-order chi connectivity index (χ0) is 23.2. The van der Waals surface area contributed by atoms with Gasteiger partial charge in [-0.3, -0.25) is 14.5 Å². The fourth-order valence-corrected chi connectivity index (χ4v) is 7.86. The molecule has 2 atom stereocenters. The van der Waals surface area contributed by atoms with Crippen LogP contribution in [0.5, 0.6) is 0 Å². The van der Waals surface area contributed by atoms with E-state index in [4.69, 9.17) is 0 Å². The molecule has 174 valence electrons. The van der Waals surface area contributed by atoms with Crippen molar-refractivity contribution in [3.05, 3.63) is 57.8 Å². The second kappa shape index (κ2) is 8.25. The summed E-state index contributed by atoms with van der Waals surface area (Å²) < 4.78 is 24.2. The van der Waals surface area contributed by atoms with E-state index in [9.17, 15) is 22.8 Å². The summed E-state index contributed by atoms with van der Waals surface area (Å²) >= 11 is 1.57. The number of carbonyl (C=O) groups excluding carboxylic acids is 3. The zero-order valence-electron chi connectivity index (χ0n) is 18.0. The second-order valence-corrected chi connectivity index (χ2v) is 12.1. The molecular weight excluding hydrogens is 462 g/mol. The Balaban J connectivity index is 1.39. The third-order valence-electron chi connectivity index (χ3n) is 6.80. The van der Waals surface area contributed by atoms with Gasteiger partial charge < -0.3 is 10.2 Å². The quantitative estimate of drug-likeness (QED) is 0.650. The summed E-state index contributed by atoms with van der Waals surface area (Å²) in [6.07, 6.45) is 2.50. The van der Waals surface area contributed by atoms with Crippen LogP contribution in [0.25, 0.3) is 0 Å². The van der Waals surface area contributed by atoms with Crippen molar-refractivity contribution in [2.24, 2.45) is 0 Å². The van der Waals surface area contributed by atoms with Crippen LogP contribution in [-0.2, 0) is 37.9 Å². The lowest BCUT2D eigenvalue weighted by molar-refractivity contribution is -0.140. The molecule has 10 heteroatoms. The number of imide groups is 1. The molecule has 2 aromatic rings. The topological polar surface area (TPSA) is 104 Å². The van der Waals surface area contributed by atoms with Crippen LogP contribution in [0.1, 0.15) is 35.3 Å². The summed E-state index contributed by atoms with van der Waals surface area (Å²) in [6.45, 7) is -0.182. The van der Waals surface area contributed by atoms with Crippen LogP contribution >= 0.6 is 11.3 Å². The van der Waals surface area contributed by atoms with Crippen molar-refractivity contribution in [3.8, 4) is 0 Å². The minimum Gasteiger partial charge on any atom is -0.333 e. The predicted octanol–water partition coefficient (Wildman–Crippen LogP) is 2.05. The van der Waals surface area contributed by atoms with Crippen molar-refractivity contribution in [1.82, 2.24) is 15.1 Å². The minimum atomic E-state index is -3.22. The third kappa shape index (κ3) is 3.95. The summed E-state index contributed by atoms with van der Waals surface area (Å²) in [5.74, 6) is -0.904. The highest BCUT2D eigenvalue weighted by atomic mass is 32.2. The Hall–Kier alpha value is -2.72. The Morgan fingerprint density at radius 3 is 2.73 bits per heavy atom. The molecule has 33 heavy (non-hydrogen) atoms. The van der Waals surface area contributed by atoms with E-state index >= 15 is 0 Å². The molecule has 0 radical (unpaired) electrons. The van der Waals surface area contributed by atoms with Crippen LogP contribution in [0.4, 0.5) is 4.79 Å². The van der Waals surface area contributed by atoms with Gasteiger partial charge in [0.1, 0.15) is 12.1 Å². The molecule has 0 saturated carbocycles. The summed E-state index contributed by atoms with van der Waals surface area (Å²) in [7, 11) is -3.22. The molecule has 1 aliphatic carbocycles. The highest BCUT2D eigenvalue weighted by molar-refractivity contribution is 7.91. The van der Waals surface area contributed by atoms with Gasteiger partial charge in [-0.15, -0.1) is 11.3 Å². The summed E-state index contributed by atoms with van der Waals surface area (Å²) in [6, 6.07) is 10.1. The molecule has 1 aromatic carbocycles. The number of urea groups is 1. The summed E-state index contributed by atoms with van der Waals surface area (Å²) in [5.41, 5.74) is 0.584. The standard InChI is InChI=1S/C23H25N3O5S2/c27-20(25(13-16-5-2-1-3-6-16)17-9-12-33(30,31)15-17)14-26-21(28)23(24-22(26)29)10-4-7-19-18(23)8-11-32-19/h1-3,5-6,8,11,17H,4,7,9-10,12-15H2,(H,24,29). The van der Waals surface area contributed by atoms with Crippen molar-refractivity contribution in [2.75, 3.05) is 18.1 Å². The van der Waals surface area contributed by atoms with E-state index in [0.717, 1.165) is 33.7 Å². The lowest BCUT2D eigenvalue weighted by atomic mass is 9.80. The molecule has 3 heterocycles. The van der Waals surface area contributed by atoms with Gasteiger partial charge in [-0.2, -0.15) is 0 Å². The van der Waals surface area contributed by atoms with Crippen LogP contribution in [0.3, 0.4) is 0 Å². The number of amides is 4. The molecule has 2 saturated heterocycles. The van der Waals surface area contributed by atoms with Crippen molar-refractivity contribution in [3.63, 3.8) is 0 Å². The average Bonchev–Trinajstić information content (AvgIpc) is 3.47. The number of hydrogen-bond donors (Lipinski definition) is 1. The number of nitrogens with one attached hydrogen (secondary N) is 1. The van der Waals surface area contributed by atoms with Gasteiger partial charge in [-0.05, 0) is 42.7 Å². The van der Waals surface area contributed by atoms with Gasteiger partial charge in [0.2, 0.25) is 5.91 Å². The van der Waals surface area contributed by atoms with E-state index < -0.39 is 45.8 Å². The highest BCUT2D eigenvalue weighted by Crippen LogP contribution is 2.42. The summed E-state index contributed by atoms with van der Waals surface area (Å²) in [4.78, 5) is 43.4. The largest absolute Gasteiger partial charge is 0.333 e. The zero-order valence-corrected chi connectivity index (χ0v) is 19.7. The number of carbonyl (C=O) groups is 3. The molecular formula is C23H25N3O5S2. The van der Waals surface area contributed by atoms with Gasteiger partial charge in [-0.1, -0.05) is 30.3 Å². The summed E-state index contributed by atoms with van der Waals surface area (Å²) in [5, 5.41) is 4.79. The molecule has 1 N–H and O–H groups in total. The van der Waals surface area contributed by atoms with Crippen molar-refractivity contribution >= 4 is 39.0 Å².